The molecule has 0 saturated carbocycles. The summed E-state index contributed by atoms with van der Waals surface area (Å²) in [6.45, 7) is 0.483. The van der Waals surface area contributed by atoms with Gasteiger partial charge in [-0.25, -0.2) is 4.98 Å². The fraction of sp³-hybridized carbons (Fsp3) is 0.333. The van der Waals surface area contributed by atoms with Gasteiger partial charge in [0.15, 0.2) is 6.61 Å². The number of aryl methyl sites for hydroxylation is 1. The Hall–Kier alpha value is -2.57. The molecule has 1 unspecified atom stereocenters. The predicted octanol–water partition coefficient (Wildman–Crippen LogP) is 3.77. The maximum Gasteiger partial charge on any atom is 0.422 e. The Morgan fingerprint density at radius 3 is 2.52 bits per heavy atom. The third-order valence-electron chi connectivity index (χ3n) is 3.47. The summed E-state index contributed by atoms with van der Waals surface area (Å²) in [5.41, 5.74) is 1.46. The maximum atomic E-state index is 12.1. The van der Waals surface area contributed by atoms with E-state index in [9.17, 15) is 18.0 Å². The summed E-state index contributed by atoms with van der Waals surface area (Å²) in [4.78, 5) is 15.8. The molecule has 134 valence electrons. The summed E-state index contributed by atoms with van der Waals surface area (Å²) >= 11 is 0. The van der Waals surface area contributed by atoms with Gasteiger partial charge in [0.2, 0.25) is 5.88 Å². The standard InChI is InChI=1S/C18H19F3N2O2/c1-13(7-8-14-5-3-2-4-6-14)23-17(24)15-9-10-16(22-11-15)25-12-18(19,20)21/h2-6,9-11,13H,7-8,12H2,1H3,(H,23,24). The minimum Gasteiger partial charge on any atom is -0.468 e. The van der Waals surface area contributed by atoms with E-state index in [1.54, 1.807) is 0 Å². The van der Waals surface area contributed by atoms with Crippen molar-refractivity contribution in [2.24, 2.45) is 0 Å². The number of nitrogens with one attached hydrogen (secondary N) is 1. The van der Waals surface area contributed by atoms with Crippen molar-refractivity contribution in [3.8, 4) is 5.88 Å². The van der Waals surface area contributed by atoms with Gasteiger partial charge in [0.1, 0.15) is 0 Å². The van der Waals surface area contributed by atoms with Crippen LogP contribution in [0.4, 0.5) is 13.2 Å². The largest absolute Gasteiger partial charge is 0.468 e. The van der Waals surface area contributed by atoms with E-state index < -0.39 is 12.8 Å². The molecule has 1 atom stereocenters. The Labute approximate surface area is 144 Å². The molecule has 1 amide bonds. The molecule has 0 aliphatic rings. The van der Waals surface area contributed by atoms with Crippen LogP contribution in [0.3, 0.4) is 0 Å². The van der Waals surface area contributed by atoms with Crippen molar-refractivity contribution in [3.63, 3.8) is 0 Å². The molecule has 0 saturated heterocycles. The van der Waals surface area contributed by atoms with Crippen LogP contribution in [-0.2, 0) is 6.42 Å². The highest BCUT2D eigenvalue weighted by Gasteiger charge is 2.28. The number of halogens is 3. The fourth-order valence-corrected chi connectivity index (χ4v) is 2.16. The average Bonchev–Trinajstić information content (AvgIpc) is 2.59. The van der Waals surface area contributed by atoms with Crippen LogP contribution >= 0.6 is 0 Å². The van der Waals surface area contributed by atoms with E-state index in [0.29, 0.717) is 0 Å². The Kier molecular flexibility index (Phi) is 6.38. The number of aromatic nitrogens is 1. The molecular weight excluding hydrogens is 333 g/mol. The molecule has 0 radical (unpaired) electrons. The van der Waals surface area contributed by atoms with Gasteiger partial charge in [-0.1, -0.05) is 30.3 Å². The monoisotopic (exact) mass is 352 g/mol. The van der Waals surface area contributed by atoms with E-state index in [2.05, 4.69) is 15.0 Å². The van der Waals surface area contributed by atoms with Crippen LogP contribution in [-0.4, -0.2) is 29.7 Å². The molecule has 1 aromatic carbocycles. The molecule has 7 heteroatoms. The minimum absolute atomic E-state index is 0.0473. The van der Waals surface area contributed by atoms with E-state index in [0.717, 1.165) is 12.8 Å². The molecule has 1 heterocycles. The molecule has 0 bridgehead atoms. The SMILES string of the molecule is CC(CCc1ccccc1)NC(=O)c1ccc(OCC(F)(F)F)nc1. The number of hydrogen-bond donors (Lipinski definition) is 1. The van der Waals surface area contributed by atoms with Gasteiger partial charge in [-0.3, -0.25) is 4.79 Å². The summed E-state index contributed by atoms with van der Waals surface area (Å²) < 4.78 is 40.7. The summed E-state index contributed by atoms with van der Waals surface area (Å²) in [5, 5.41) is 2.84. The molecule has 0 spiro atoms. The van der Waals surface area contributed by atoms with Crippen molar-refractivity contribution in [1.29, 1.82) is 0 Å². The quantitative estimate of drug-likeness (QED) is 0.825. The zero-order valence-corrected chi connectivity index (χ0v) is 13.7. The number of pyridine rings is 1. The average molecular weight is 352 g/mol. The summed E-state index contributed by atoms with van der Waals surface area (Å²) in [7, 11) is 0. The van der Waals surface area contributed by atoms with Crippen LogP contribution in [0.1, 0.15) is 29.3 Å². The number of rotatable bonds is 7. The number of nitrogens with zero attached hydrogens (tertiary/aromatic N) is 1. The number of ether oxygens (including phenoxy) is 1. The lowest BCUT2D eigenvalue weighted by Gasteiger charge is -2.14. The second-order valence-corrected chi connectivity index (χ2v) is 5.69. The highest BCUT2D eigenvalue weighted by molar-refractivity contribution is 5.94. The lowest BCUT2D eigenvalue weighted by Crippen LogP contribution is -2.33. The van der Waals surface area contributed by atoms with Crippen molar-refractivity contribution in [2.45, 2.75) is 32.0 Å². The van der Waals surface area contributed by atoms with E-state index in [-0.39, 0.29) is 23.4 Å². The second kappa shape index (κ2) is 8.50. The summed E-state index contributed by atoms with van der Waals surface area (Å²) in [6.07, 6.45) is -1.61. The first-order chi connectivity index (χ1) is 11.8. The number of hydrogen-bond acceptors (Lipinski definition) is 3. The van der Waals surface area contributed by atoms with Crippen molar-refractivity contribution in [2.75, 3.05) is 6.61 Å². The van der Waals surface area contributed by atoms with E-state index >= 15 is 0 Å². The Morgan fingerprint density at radius 1 is 1.20 bits per heavy atom. The van der Waals surface area contributed by atoms with Gasteiger partial charge >= 0.3 is 6.18 Å². The van der Waals surface area contributed by atoms with Gasteiger partial charge in [0, 0.05) is 18.3 Å². The molecule has 2 aromatic rings. The number of carbonyl (C=O) groups is 1. The van der Waals surface area contributed by atoms with E-state index in [1.165, 1.54) is 23.9 Å². The third-order valence-corrected chi connectivity index (χ3v) is 3.47. The van der Waals surface area contributed by atoms with E-state index in [1.807, 2.05) is 37.3 Å². The van der Waals surface area contributed by atoms with Crippen molar-refractivity contribution in [1.82, 2.24) is 10.3 Å². The van der Waals surface area contributed by atoms with Crippen molar-refractivity contribution in [3.05, 3.63) is 59.8 Å². The van der Waals surface area contributed by atoms with Crippen molar-refractivity contribution >= 4 is 5.91 Å². The van der Waals surface area contributed by atoms with Crippen LogP contribution in [0.25, 0.3) is 0 Å². The Bertz CT molecular complexity index is 673. The van der Waals surface area contributed by atoms with Crippen LogP contribution < -0.4 is 10.1 Å². The van der Waals surface area contributed by atoms with Gasteiger partial charge in [-0.2, -0.15) is 13.2 Å². The first kappa shape index (κ1) is 18.8. The third kappa shape index (κ3) is 6.82. The van der Waals surface area contributed by atoms with Gasteiger partial charge in [-0.05, 0) is 31.4 Å². The topological polar surface area (TPSA) is 51.2 Å². The molecule has 0 aliphatic heterocycles. The Balaban J connectivity index is 1.81. The highest BCUT2D eigenvalue weighted by Crippen LogP contribution is 2.17. The first-order valence-electron chi connectivity index (χ1n) is 7.84. The molecule has 0 aliphatic carbocycles. The minimum atomic E-state index is -4.42. The molecular formula is C18H19F3N2O2. The van der Waals surface area contributed by atoms with Gasteiger partial charge < -0.3 is 10.1 Å². The lowest BCUT2D eigenvalue weighted by atomic mass is 10.1. The van der Waals surface area contributed by atoms with Gasteiger partial charge in [0.25, 0.3) is 5.91 Å². The van der Waals surface area contributed by atoms with Crippen LogP contribution in [0.2, 0.25) is 0 Å². The molecule has 1 aromatic heterocycles. The Morgan fingerprint density at radius 2 is 1.92 bits per heavy atom. The second-order valence-electron chi connectivity index (χ2n) is 5.69. The summed E-state index contributed by atoms with van der Waals surface area (Å²) in [6, 6.07) is 12.5. The maximum absolute atomic E-state index is 12.1. The smallest absolute Gasteiger partial charge is 0.422 e. The zero-order chi connectivity index (χ0) is 18.3. The van der Waals surface area contributed by atoms with Gasteiger partial charge in [0.05, 0.1) is 5.56 Å². The predicted molar refractivity (Wildman–Crippen MR) is 87.5 cm³/mol. The van der Waals surface area contributed by atoms with Crippen molar-refractivity contribution < 1.29 is 22.7 Å². The number of amides is 1. The van der Waals surface area contributed by atoms with Crippen LogP contribution in [0, 0.1) is 0 Å². The number of benzene rings is 1. The lowest BCUT2D eigenvalue weighted by molar-refractivity contribution is -0.154. The van der Waals surface area contributed by atoms with Gasteiger partial charge in [-0.15, -0.1) is 0 Å². The summed E-state index contributed by atoms with van der Waals surface area (Å²) in [5.74, 6) is -0.499. The normalized spacial score (nSPS) is 12.5. The molecule has 0 fully saturated rings. The zero-order valence-electron chi connectivity index (χ0n) is 13.7. The van der Waals surface area contributed by atoms with E-state index in [4.69, 9.17) is 0 Å². The molecule has 2 rings (SSSR count). The fourth-order valence-electron chi connectivity index (χ4n) is 2.16. The molecule has 1 N–H and O–H groups in total. The number of carbonyl (C=O) groups excluding carboxylic acids is 1. The molecule has 4 nitrogen and oxygen atoms in total. The first-order valence-corrected chi connectivity index (χ1v) is 7.84. The molecule has 25 heavy (non-hydrogen) atoms. The van der Waals surface area contributed by atoms with Crippen LogP contribution in [0.15, 0.2) is 48.7 Å². The number of alkyl halides is 3. The van der Waals surface area contributed by atoms with Crippen LogP contribution in [0.5, 0.6) is 5.88 Å². The highest BCUT2D eigenvalue weighted by atomic mass is 19.4.